The monoisotopic (exact) mass is 510 g/mol. The summed E-state index contributed by atoms with van der Waals surface area (Å²) in [7, 11) is 0. The normalized spacial score (nSPS) is 10.7. The fraction of sp³-hybridized carbons (Fsp3) is 0.594. The molecule has 5 nitrogen and oxygen atoms in total. The van der Waals surface area contributed by atoms with Crippen LogP contribution in [0.2, 0.25) is 0 Å². The molecule has 0 aliphatic rings. The average molecular weight is 511 g/mol. The van der Waals surface area contributed by atoms with Crippen LogP contribution in [0.4, 0.5) is 5.69 Å². The Labute approximate surface area is 225 Å². The lowest BCUT2D eigenvalue weighted by molar-refractivity contribution is -0.119. The maximum atomic E-state index is 12.2. The van der Waals surface area contributed by atoms with Crippen molar-refractivity contribution in [3.05, 3.63) is 54.6 Å². The van der Waals surface area contributed by atoms with Crippen LogP contribution < -0.4 is 20.1 Å². The molecule has 0 bridgehead atoms. The summed E-state index contributed by atoms with van der Waals surface area (Å²) in [6.07, 6.45) is 18.8. The van der Waals surface area contributed by atoms with Gasteiger partial charge in [0.1, 0.15) is 24.7 Å². The van der Waals surface area contributed by atoms with E-state index in [4.69, 9.17) is 9.47 Å². The van der Waals surface area contributed by atoms with Crippen LogP contribution in [0.1, 0.15) is 96.8 Å². The number of nitrogens with one attached hydrogen (secondary N) is 2. The maximum absolute atomic E-state index is 12.2. The standard InChI is InChI=1S/C32H50N2O3/c1-2-3-4-5-6-7-8-9-10-11-12-13-14-20-25-33-32(35)28-34-30-23-18-19-24-31(30)37-27-26-36-29-21-16-15-17-22-29/h15-19,21-24,34H,2-14,20,25-28H2,1H3,(H,33,35). The molecule has 0 spiro atoms. The fourth-order valence-electron chi connectivity index (χ4n) is 4.35. The Bertz CT molecular complexity index is 813. The molecule has 2 rings (SSSR count). The first-order chi connectivity index (χ1) is 18.3. The van der Waals surface area contributed by atoms with E-state index >= 15 is 0 Å². The Morgan fingerprint density at radius 1 is 0.649 bits per heavy atom. The molecule has 0 radical (unpaired) electrons. The average Bonchev–Trinajstić information content (AvgIpc) is 2.93. The minimum atomic E-state index is 0.0110. The number of hydrogen-bond donors (Lipinski definition) is 2. The third kappa shape index (κ3) is 15.9. The molecule has 0 saturated heterocycles. The highest BCUT2D eigenvalue weighted by Crippen LogP contribution is 2.23. The molecule has 0 aromatic heterocycles. The predicted octanol–water partition coefficient (Wildman–Crippen LogP) is 8.15. The molecule has 0 aliphatic carbocycles. The lowest BCUT2D eigenvalue weighted by Gasteiger charge is -2.14. The van der Waals surface area contributed by atoms with Gasteiger partial charge in [0, 0.05) is 6.54 Å². The minimum Gasteiger partial charge on any atom is -0.490 e. The van der Waals surface area contributed by atoms with E-state index in [-0.39, 0.29) is 12.5 Å². The molecule has 37 heavy (non-hydrogen) atoms. The molecule has 5 heteroatoms. The summed E-state index contributed by atoms with van der Waals surface area (Å²) in [5.41, 5.74) is 0.814. The van der Waals surface area contributed by atoms with Crippen LogP contribution in [-0.4, -0.2) is 32.2 Å². The van der Waals surface area contributed by atoms with E-state index in [0.717, 1.165) is 30.2 Å². The fourth-order valence-corrected chi connectivity index (χ4v) is 4.35. The number of benzene rings is 2. The molecule has 1 amide bonds. The van der Waals surface area contributed by atoms with Crippen molar-refractivity contribution in [2.45, 2.75) is 96.8 Å². The number of rotatable bonds is 23. The molecule has 2 N–H and O–H groups in total. The molecular weight excluding hydrogens is 460 g/mol. The van der Waals surface area contributed by atoms with Gasteiger partial charge in [-0.1, -0.05) is 121 Å². The molecule has 2 aromatic carbocycles. The van der Waals surface area contributed by atoms with Gasteiger partial charge in [-0.2, -0.15) is 0 Å². The third-order valence-corrected chi connectivity index (χ3v) is 6.53. The number of ether oxygens (including phenoxy) is 2. The minimum absolute atomic E-state index is 0.0110. The Hall–Kier alpha value is -2.69. The number of hydrogen-bond acceptors (Lipinski definition) is 4. The summed E-state index contributed by atoms with van der Waals surface area (Å²) in [5, 5.41) is 6.22. The molecule has 0 fully saturated rings. The number of amides is 1. The Balaban J connectivity index is 1.43. The van der Waals surface area contributed by atoms with Gasteiger partial charge in [-0.25, -0.2) is 0 Å². The second-order valence-electron chi connectivity index (χ2n) is 9.81. The van der Waals surface area contributed by atoms with E-state index in [0.29, 0.717) is 13.2 Å². The van der Waals surface area contributed by atoms with Crippen LogP contribution >= 0.6 is 0 Å². The predicted molar refractivity (Wildman–Crippen MR) is 156 cm³/mol. The second-order valence-corrected chi connectivity index (χ2v) is 9.81. The maximum Gasteiger partial charge on any atom is 0.239 e. The van der Waals surface area contributed by atoms with Crippen LogP contribution in [0.3, 0.4) is 0 Å². The van der Waals surface area contributed by atoms with E-state index in [1.165, 1.54) is 83.5 Å². The van der Waals surface area contributed by atoms with Crippen molar-refractivity contribution in [2.75, 3.05) is 31.6 Å². The van der Waals surface area contributed by atoms with Crippen LogP contribution in [0.15, 0.2) is 54.6 Å². The van der Waals surface area contributed by atoms with Crippen LogP contribution in [0.25, 0.3) is 0 Å². The Morgan fingerprint density at radius 3 is 1.84 bits per heavy atom. The highest BCUT2D eigenvalue weighted by atomic mass is 16.5. The van der Waals surface area contributed by atoms with Crippen LogP contribution in [0, 0.1) is 0 Å². The van der Waals surface area contributed by atoms with E-state index in [1.54, 1.807) is 0 Å². The van der Waals surface area contributed by atoms with Gasteiger partial charge >= 0.3 is 0 Å². The van der Waals surface area contributed by atoms with Gasteiger partial charge in [-0.3, -0.25) is 4.79 Å². The van der Waals surface area contributed by atoms with Gasteiger partial charge in [0.05, 0.1) is 12.2 Å². The lowest BCUT2D eigenvalue weighted by Crippen LogP contribution is -2.30. The largest absolute Gasteiger partial charge is 0.490 e. The number of unbranched alkanes of at least 4 members (excludes halogenated alkanes) is 13. The zero-order valence-corrected chi connectivity index (χ0v) is 23.1. The van der Waals surface area contributed by atoms with E-state index in [9.17, 15) is 4.79 Å². The molecule has 0 heterocycles. The second kappa shape index (κ2) is 21.4. The lowest BCUT2D eigenvalue weighted by atomic mass is 10.0. The molecule has 206 valence electrons. The summed E-state index contributed by atoms with van der Waals surface area (Å²) in [4.78, 5) is 12.2. The molecule has 0 unspecified atom stereocenters. The number of carbonyl (C=O) groups excluding carboxylic acids is 1. The van der Waals surface area contributed by atoms with Crippen molar-refractivity contribution in [3.8, 4) is 11.5 Å². The van der Waals surface area contributed by atoms with Crippen LogP contribution in [-0.2, 0) is 4.79 Å². The SMILES string of the molecule is CCCCCCCCCCCCCCCCNC(=O)CNc1ccccc1OCCOc1ccccc1. The van der Waals surface area contributed by atoms with Gasteiger partial charge in [-0.15, -0.1) is 0 Å². The summed E-state index contributed by atoms with van der Waals surface area (Å²) >= 11 is 0. The van der Waals surface area contributed by atoms with Crippen molar-refractivity contribution < 1.29 is 14.3 Å². The van der Waals surface area contributed by atoms with Crippen molar-refractivity contribution in [1.29, 1.82) is 0 Å². The van der Waals surface area contributed by atoms with Crippen molar-refractivity contribution in [2.24, 2.45) is 0 Å². The van der Waals surface area contributed by atoms with E-state index in [2.05, 4.69) is 17.6 Å². The Morgan fingerprint density at radius 2 is 1.19 bits per heavy atom. The first-order valence-electron chi connectivity index (χ1n) is 14.7. The summed E-state index contributed by atoms with van der Waals surface area (Å²) < 4.78 is 11.5. The van der Waals surface area contributed by atoms with Crippen molar-refractivity contribution >= 4 is 11.6 Å². The Kier molecular flexibility index (Phi) is 17.7. The summed E-state index contributed by atoms with van der Waals surface area (Å²) in [5.74, 6) is 1.56. The van der Waals surface area contributed by atoms with Gasteiger partial charge in [0.15, 0.2) is 0 Å². The van der Waals surface area contributed by atoms with Crippen molar-refractivity contribution in [1.82, 2.24) is 5.32 Å². The number of anilines is 1. The summed E-state index contributed by atoms with van der Waals surface area (Å²) in [6.45, 7) is 4.14. The first-order valence-corrected chi connectivity index (χ1v) is 14.7. The molecule has 0 aliphatic heterocycles. The summed E-state index contributed by atoms with van der Waals surface area (Å²) in [6, 6.07) is 17.4. The highest BCUT2D eigenvalue weighted by Gasteiger charge is 2.06. The van der Waals surface area contributed by atoms with Gasteiger partial charge in [0.25, 0.3) is 0 Å². The topological polar surface area (TPSA) is 59.6 Å². The quantitative estimate of drug-likeness (QED) is 0.148. The molecule has 2 aromatic rings. The van der Waals surface area contributed by atoms with Crippen molar-refractivity contribution in [3.63, 3.8) is 0 Å². The number of carbonyl (C=O) groups is 1. The van der Waals surface area contributed by atoms with Gasteiger partial charge in [-0.05, 0) is 30.7 Å². The molecular formula is C32H50N2O3. The number of para-hydroxylation sites is 3. The molecule has 0 atom stereocenters. The zero-order valence-electron chi connectivity index (χ0n) is 23.1. The van der Waals surface area contributed by atoms with Gasteiger partial charge in [0.2, 0.25) is 5.91 Å². The highest BCUT2D eigenvalue weighted by molar-refractivity contribution is 5.81. The zero-order chi connectivity index (χ0) is 26.2. The first kappa shape index (κ1) is 30.5. The third-order valence-electron chi connectivity index (χ3n) is 6.53. The van der Waals surface area contributed by atoms with E-state index < -0.39 is 0 Å². The van der Waals surface area contributed by atoms with Gasteiger partial charge < -0.3 is 20.1 Å². The molecule has 0 saturated carbocycles. The van der Waals surface area contributed by atoms with Crippen LogP contribution in [0.5, 0.6) is 11.5 Å². The van der Waals surface area contributed by atoms with E-state index in [1.807, 2.05) is 54.6 Å². The smallest absolute Gasteiger partial charge is 0.239 e.